The Kier molecular flexibility index (Phi) is 4.22. The van der Waals surface area contributed by atoms with Gasteiger partial charge in [0.05, 0.1) is 4.92 Å². The smallest absolute Gasteiger partial charge is 0.271 e. The first-order chi connectivity index (χ1) is 7.63. The van der Waals surface area contributed by atoms with E-state index in [9.17, 15) is 14.9 Å². The summed E-state index contributed by atoms with van der Waals surface area (Å²) in [5.74, 6) is -0.516. The van der Waals surface area contributed by atoms with Crippen LogP contribution in [0.15, 0.2) is 24.3 Å². The number of nitro benzene ring substituents is 1. The molecule has 7 heteroatoms. The fourth-order valence-corrected chi connectivity index (χ4v) is 1.11. The number of amides is 1. The molecular weight excluding hydrogens is 214 g/mol. The van der Waals surface area contributed by atoms with Gasteiger partial charge in [-0.1, -0.05) is 6.07 Å². The van der Waals surface area contributed by atoms with Crippen molar-refractivity contribution >= 4 is 17.3 Å². The summed E-state index contributed by atoms with van der Waals surface area (Å²) in [6, 6.07) is 5.96. The maximum absolute atomic E-state index is 10.7. The summed E-state index contributed by atoms with van der Waals surface area (Å²) in [6.07, 6.45) is 0.0825. The van der Waals surface area contributed by atoms with Crippen LogP contribution in [0.2, 0.25) is 0 Å². The molecule has 0 atom stereocenters. The van der Waals surface area contributed by atoms with E-state index in [-0.39, 0.29) is 18.7 Å². The zero-order valence-corrected chi connectivity index (χ0v) is 8.34. The van der Waals surface area contributed by atoms with Crippen LogP contribution < -0.4 is 10.8 Å². The molecule has 0 saturated heterocycles. The number of benzene rings is 1. The second kappa shape index (κ2) is 5.66. The lowest BCUT2D eigenvalue weighted by molar-refractivity contribution is -0.384. The van der Waals surface area contributed by atoms with Crippen LogP contribution in [0.5, 0.6) is 0 Å². The van der Waals surface area contributed by atoms with Crippen LogP contribution in [0.25, 0.3) is 0 Å². The predicted octanol–water partition coefficient (Wildman–Crippen LogP) is 0.902. The second-order valence-corrected chi connectivity index (χ2v) is 3.02. The Morgan fingerprint density at radius 3 is 2.88 bits per heavy atom. The molecule has 0 fully saturated rings. The number of hydrogen-bond acceptors (Lipinski definition) is 5. The van der Waals surface area contributed by atoms with Gasteiger partial charge in [-0.05, 0) is 6.07 Å². The lowest BCUT2D eigenvalue weighted by Crippen LogP contribution is -2.21. The minimum absolute atomic E-state index is 0.0170. The van der Waals surface area contributed by atoms with Crippen molar-refractivity contribution in [2.24, 2.45) is 0 Å². The minimum atomic E-state index is -0.516. The van der Waals surface area contributed by atoms with Crippen molar-refractivity contribution < 1.29 is 14.9 Å². The van der Waals surface area contributed by atoms with E-state index in [2.05, 4.69) is 5.32 Å². The maximum Gasteiger partial charge on any atom is 0.271 e. The summed E-state index contributed by atoms with van der Waals surface area (Å²) in [5, 5.41) is 21.5. The summed E-state index contributed by atoms with van der Waals surface area (Å²) in [7, 11) is 0. The third-order valence-corrected chi connectivity index (χ3v) is 1.86. The van der Waals surface area contributed by atoms with E-state index in [0.717, 1.165) is 0 Å². The van der Waals surface area contributed by atoms with Crippen molar-refractivity contribution in [3.05, 3.63) is 34.4 Å². The molecule has 0 bridgehead atoms. The molecule has 0 heterocycles. The van der Waals surface area contributed by atoms with Crippen LogP contribution in [0.3, 0.4) is 0 Å². The van der Waals surface area contributed by atoms with Gasteiger partial charge in [-0.2, -0.15) is 0 Å². The fraction of sp³-hybridized carbons (Fsp3) is 0.222. The summed E-state index contributed by atoms with van der Waals surface area (Å²) in [4.78, 5) is 20.6. The van der Waals surface area contributed by atoms with E-state index >= 15 is 0 Å². The molecule has 0 radical (unpaired) electrons. The Hall–Kier alpha value is -2.15. The molecule has 0 aromatic heterocycles. The van der Waals surface area contributed by atoms with Gasteiger partial charge in [0.15, 0.2) is 0 Å². The van der Waals surface area contributed by atoms with Crippen molar-refractivity contribution in [1.29, 1.82) is 0 Å². The zero-order chi connectivity index (χ0) is 12.0. The van der Waals surface area contributed by atoms with Gasteiger partial charge < -0.3 is 5.32 Å². The molecule has 7 nitrogen and oxygen atoms in total. The molecule has 1 rings (SSSR count). The second-order valence-electron chi connectivity index (χ2n) is 3.02. The van der Waals surface area contributed by atoms with Gasteiger partial charge in [-0.15, -0.1) is 0 Å². The lowest BCUT2D eigenvalue weighted by Gasteiger charge is -2.04. The van der Waals surface area contributed by atoms with Gasteiger partial charge in [-0.3, -0.25) is 20.1 Å². The molecule has 0 unspecified atom stereocenters. The quantitative estimate of drug-likeness (QED) is 0.392. The van der Waals surface area contributed by atoms with Gasteiger partial charge in [0.2, 0.25) is 5.91 Å². The van der Waals surface area contributed by atoms with Crippen LogP contribution in [0.4, 0.5) is 11.4 Å². The van der Waals surface area contributed by atoms with Crippen molar-refractivity contribution in [2.75, 3.05) is 11.9 Å². The fourth-order valence-electron chi connectivity index (χ4n) is 1.11. The van der Waals surface area contributed by atoms with E-state index in [1.807, 2.05) is 0 Å². The van der Waals surface area contributed by atoms with Gasteiger partial charge in [-0.25, -0.2) is 5.48 Å². The highest BCUT2D eigenvalue weighted by molar-refractivity contribution is 5.75. The topological polar surface area (TPSA) is 104 Å². The third kappa shape index (κ3) is 3.54. The number of carbonyl (C=O) groups is 1. The highest BCUT2D eigenvalue weighted by Gasteiger charge is 2.05. The largest absolute Gasteiger partial charge is 0.384 e. The summed E-state index contributed by atoms with van der Waals surface area (Å²) < 4.78 is 0. The first kappa shape index (κ1) is 11.9. The van der Waals surface area contributed by atoms with Crippen LogP contribution in [0.1, 0.15) is 6.42 Å². The average Bonchev–Trinajstić information content (AvgIpc) is 2.29. The van der Waals surface area contributed by atoms with E-state index < -0.39 is 10.8 Å². The summed E-state index contributed by atoms with van der Waals surface area (Å²) >= 11 is 0. The number of anilines is 1. The van der Waals surface area contributed by atoms with Gasteiger partial charge in [0, 0.05) is 30.8 Å². The third-order valence-electron chi connectivity index (χ3n) is 1.86. The Bertz CT molecular complexity index is 394. The van der Waals surface area contributed by atoms with Gasteiger partial charge in [0.25, 0.3) is 5.69 Å². The van der Waals surface area contributed by atoms with Crippen LogP contribution in [-0.4, -0.2) is 22.6 Å². The molecule has 86 valence electrons. The minimum Gasteiger partial charge on any atom is -0.384 e. The molecule has 0 saturated carbocycles. The molecule has 0 spiro atoms. The molecule has 1 amide bonds. The van der Waals surface area contributed by atoms with E-state index in [4.69, 9.17) is 5.21 Å². The number of nitrogens with one attached hydrogen (secondary N) is 2. The van der Waals surface area contributed by atoms with Crippen molar-refractivity contribution in [3.63, 3.8) is 0 Å². The van der Waals surface area contributed by atoms with Crippen molar-refractivity contribution in [1.82, 2.24) is 5.48 Å². The monoisotopic (exact) mass is 225 g/mol. The SMILES string of the molecule is O=C(CCNc1cccc([N+](=O)[O-])c1)NO. The number of rotatable bonds is 5. The van der Waals surface area contributed by atoms with E-state index in [1.165, 1.54) is 17.6 Å². The molecule has 3 N–H and O–H groups in total. The molecule has 1 aromatic carbocycles. The Balaban J connectivity index is 2.51. The van der Waals surface area contributed by atoms with Crippen molar-refractivity contribution in [2.45, 2.75) is 6.42 Å². The number of carbonyl (C=O) groups excluding carboxylic acids is 1. The summed E-state index contributed by atoms with van der Waals surface area (Å²) in [6.45, 7) is 0.285. The molecule has 0 aliphatic carbocycles. The zero-order valence-electron chi connectivity index (χ0n) is 8.34. The molecule has 16 heavy (non-hydrogen) atoms. The predicted molar refractivity (Wildman–Crippen MR) is 56.1 cm³/mol. The standard InChI is InChI=1S/C9H11N3O4/c13-9(11-14)4-5-10-7-2-1-3-8(6-7)12(15)16/h1-3,6,10,14H,4-5H2,(H,11,13). The van der Waals surface area contributed by atoms with Gasteiger partial charge in [0.1, 0.15) is 0 Å². The Morgan fingerprint density at radius 2 is 2.25 bits per heavy atom. The van der Waals surface area contributed by atoms with Crippen molar-refractivity contribution in [3.8, 4) is 0 Å². The Morgan fingerprint density at radius 1 is 1.50 bits per heavy atom. The first-order valence-electron chi connectivity index (χ1n) is 4.54. The highest BCUT2D eigenvalue weighted by atomic mass is 16.6. The number of hydrogen-bond donors (Lipinski definition) is 3. The Labute approximate surface area is 91.2 Å². The van der Waals surface area contributed by atoms with Crippen LogP contribution >= 0.6 is 0 Å². The summed E-state index contributed by atoms with van der Waals surface area (Å²) in [5.41, 5.74) is 2.03. The molecular formula is C9H11N3O4. The van der Waals surface area contributed by atoms with E-state index in [0.29, 0.717) is 5.69 Å². The molecule has 0 aliphatic heterocycles. The molecule has 1 aromatic rings. The molecule has 0 aliphatic rings. The number of non-ortho nitro benzene ring substituents is 1. The number of hydroxylamine groups is 1. The number of nitrogens with zero attached hydrogens (tertiary/aromatic N) is 1. The highest BCUT2D eigenvalue weighted by Crippen LogP contribution is 2.16. The lowest BCUT2D eigenvalue weighted by atomic mass is 10.2. The maximum atomic E-state index is 10.7. The van der Waals surface area contributed by atoms with Crippen LogP contribution in [-0.2, 0) is 4.79 Å². The van der Waals surface area contributed by atoms with E-state index in [1.54, 1.807) is 12.1 Å². The average molecular weight is 225 g/mol. The van der Waals surface area contributed by atoms with Gasteiger partial charge >= 0.3 is 0 Å². The van der Waals surface area contributed by atoms with Crippen LogP contribution in [0, 0.1) is 10.1 Å². The normalized spacial score (nSPS) is 9.56. The number of nitro groups is 1. The first-order valence-corrected chi connectivity index (χ1v) is 4.54.